The Morgan fingerprint density at radius 1 is 1.04 bits per heavy atom. The maximum absolute atomic E-state index is 12.8. The monoisotopic (exact) mass is 439 g/mol. The third-order valence-corrected chi connectivity index (χ3v) is 7.41. The van der Waals surface area contributed by atoms with Crippen LogP contribution in [0.25, 0.3) is 0 Å². The van der Waals surface area contributed by atoms with Gasteiger partial charge in [0.15, 0.2) is 0 Å². The topological polar surface area (TPSA) is 73.6 Å². The first-order chi connectivity index (χ1) is 13.4. The summed E-state index contributed by atoms with van der Waals surface area (Å²) in [7, 11) is -3.69. The fourth-order valence-electron chi connectivity index (χ4n) is 2.99. The van der Waals surface area contributed by atoms with Crippen LogP contribution in [0.15, 0.2) is 47.4 Å². The van der Waals surface area contributed by atoms with E-state index in [1.165, 1.54) is 10.4 Å². The Kier molecular flexibility index (Phi) is 6.81. The van der Waals surface area contributed by atoms with Crippen LogP contribution < -0.4 is 4.74 Å². The van der Waals surface area contributed by atoms with E-state index in [0.717, 1.165) is 0 Å². The summed E-state index contributed by atoms with van der Waals surface area (Å²) in [6.07, 6.45) is 0. The number of hydrogen-bond acceptors (Lipinski definition) is 5. The molecule has 0 amide bonds. The molecule has 1 fully saturated rings. The van der Waals surface area contributed by atoms with Gasteiger partial charge in [-0.3, -0.25) is 4.90 Å². The number of hydrogen-bond donors (Lipinski definition) is 0. The van der Waals surface area contributed by atoms with Crippen LogP contribution in [-0.2, 0) is 10.0 Å². The molecule has 2 aromatic rings. The average Bonchev–Trinajstić information content (AvgIpc) is 2.70. The van der Waals surface area contributed by atoms with E-state index in [4.69, 9.17) is 33.2 Å². The molecule has 0 spiro atoms. The van der Waals surface area contributed by atoms with Crippen LogP contribution in [0.4, 0.5) is 0 Å². The van der Waals surface area contributed by atoms with Crippen molar-refractivity contribution in [2.75, 3.05) is 39.3 Å². The Bertz CT molecular complexity index is 984. The van der Waals surface area contributed by atoms with Crippen molar-refractivity contribution in [1.82, 2.24) is 9.21 Å². The summed E-state index contributed by atoms with van der Waals surface area (Å²) in [5.41, 5.74) is 0.497. The standard InChI is InChI=1S/C19H19Cl2N3O3S/c20-16-5-3-7-18(19(16)21)28(25,26)24-10-8-23(9-11-24)12-13-27-17-6-2-1-4-15(17)14-22/h1-7H,8-13H2. The minimum Gasteiger partial charge on any atom is -0.491 e. The number of halogens is 2. The summed E-state index contributed by atoms with van der Waals surface area (Å²) in [5.74, 6) is 0.557. The van der Waals surface area contributed by atoms with Gasteiger partial charge in [0.05, 0.1) is 15.6 Å². The van der Waals surface area contributed by atoms with Crippen LogP contribution in [-0.4, -0.2) is 57.0 Å². The molecule has 2 aromatic carbocycles. The van der Waals surface area contributed by atoms with E-state index in [-0.39, 0.29) is 14.9 Å². The second-order valence-electron chi connectivity index (χ2n) is 6.25. The highest BCUT2D eigenvalue weighted by molar-refractivity contribution is 7.89. The highest BCUT2D eigenvalue weighted by Crippen LogP contribution is 2.31. The molecule has 0 aliphatic carbocycles. The van der Waals surface area contributed by atoms with Crippen molar-refractivity contribution in [2.45, 2.75) is 4.90 Å². The molecule has 0 atom stereocenters. The average molecular weight is 440 g/mol. The number of piperazine rings is 1. The van der Waals surface area contributed by atoms with Gasteiger partial charge >= 0.3 is 0 Å². The molecule has 0 saturated carbocycles. The Hall–Kier alpha value is -1.82. The van der Waals surface area contributed by atoms with Gasteiger partial charge in [-0.05, 0) is 24.3 Å². The van der Waals surface area contributed by atoms with Crippen LogP contribution in [0, 0.1) is 11.3 Å². The van der Waals surface area contributed by atoms with Crippen molar-refractivity contribution in [3.8, 4) is 11.8 Å². The number of ether oxygens (including phenoxy) is 1. The van der Waals surface area contributed by atoms with E-state index in [1.807, 2.05) is 6.07 Å². The van der Waals surface area contributed by atoms with E-state index in [9.17, 15) is 8.42 Å². The van der Waals surface area contributed by atoms with Crippen molar-refractivity contribution in [2.24, 2.45) is 0 Å². The normalized spacial score (nSPS) is 15.9. The molecule has 9 heteroatoms. The van der Waals surface area contributed by atoms with Crippen molar-refractivity contribution in [3.63, 3.8) is 0 Å². The minimum atomic E-state index is -3.69. The number of benzene rings is 2. The Balaban J connectivity index is 1.54. The van der Waals surface area contributed by atoms with Crippen molar-refractivity contribution in [1.29, 1.82) is 5.26 Å². The molecular formula is C19H19Cl2N3O3S. The Morgan fingerprint density at radius 3 is 2.46 bits per heavy atom. The molecule has 1 aliphatic rings. The predicted molar refractivity (Wildman–Crippen MR) is 108 cm³/mol. The molecule has 1 heterocycles. The van der Waals surface area contributed by atoms with E-state index in [2.05, 4.69) is 11.0 Å². The van der Waals surface area contributed by atoms with Crippen LogP contribution in [0.3, 0.4) is 0 Å². The molecule has 0 unspecified atom stereocenters. The number of para-hydroxylation sites is 1. The van der Waals surface area contributed by atoms with E-state index in [0.29, 0.717) is 50.6 Å². The van der Waals surface area contributed by atoms with E-state index < -0.39 is 10.0 Å². The van der Waals surface area contributed by atoms with Gasteiger partial charge in [0.1, 0.15) is 23.3 Å². The van der Waals surface area contributed by atoms with Gasteiger partial charge in [0, 0.05) is 32.7 Å². The lowest BCUT2D eigenvalue weighted by atomic mass is 10.2. The SMILES string of the molecule is N#Cc1ccccc1OCCN1CCN(S(=O)(=O)c2cccc(Cl)c2Cl)CC1. The van der Waals surface area contributed by atoms with Gasteiger partial charge in [-0.2, -0.15) is 9.57 Å². The van der Waals surface area contributed by atoms with E-state index in [1.54, 1.807) is 30.3 Å². The summed E-state index contributed by atoms with van der Waals surface area (Å²) >= 11 is 12.0. The quantitative estimate of drug-likeness (QED) is 0.690. The number of rotatable bonds is 6. The zero-order valence-electron chi connectivity index (χ0n) is 15.0. The van der Waals surface area contributed by atoms with Crippen LogP contribution >= 0.6 is 23.2 Å². The predicted octanol–water partition coefficient (Wildman–Crippen LogP) is 3.25. The second-order valence-corrected chi connectivity index (χ2v) is 8.95. The molecule has 28 heavy (non-hydrogen) atoms. The highest BCUT2D eigenvalue weighted by atomic mass is 35.5. The molecule has 0 radical (unpaired) electrons. The molecule has 148 valence electrons. The van der Waals surface area contributed by atoms with Gasteiger partial charge < -0.3 is 4.74 Å². The zero-order chi connectivity index (χ0) is 20.1. The first-order valence-corrected chi connectivity index (χ1v) is 10.9. The molecule has 0 N–H and O–H groups in total. The lowest BCUT2D eigenvalue weighted by molar-refractivity contribution is 0.158. The fourth-order valence-corrected chi connectivity index (χ4v) is 5.14. The molecule has 0 aromatic heterocycles. The third-order valence-electron chi connectivity index (χ3n) is 4.54. The van der Waals surface area contributed by atoms with Crippen LogP contribution in [0.1, 0.15) is 5.56 Å². The van der Waals surface area contributed by atoms with Crippen molar-refractivity contribution >= 4 is 33.2 Å². The van der Waals surface area contributed by atoms with E-state index >= 15 is 0 Å². The molecule has 6 nitrogen and oxygen atoms in total. The summed E-state index contributed by atoms with van der Waals surface area (Å²) in [6, 6.07) is 13.8. The molecule has 1 aliphatic heterocycles. The van der Waals surface area contributed by atoms with Gasteiger partial charge in [-0.15, -0.1) is 0 Å². The van der Waals surface area contributed by atoms with Crippen molar-refractivity contribution < 1.29 is 13.2 Å². The maximum Gasteiger partial charge on any atom is 0.244 e. The number of nitriles is 1. The van der Waals surface area contributed by atoms with Gasteiger partial charge in [0.25, 0.3) is 0 Å². The summed E-state index contributed by atoms with van der Waals surface area (Å²) < 4.78 is 32.8. The summed E-state index contributed by atoms with van der Waals surface area (Å²) in [5, 5.41) is 9.35. The van der Waals surface area contributed by atoms with Gasteiger partial charge in [0.2, 0.25) is 10.0 Å². The van der Waals surface area contributed by atoms with Crippen LogP contribution in [0.5, 0.6) is 5.75 Å². The Morgan fingerprint density at radius 2 is 1.75 bits per heavy atom. The minimum absolute atomic E-state index is 0.0339. The fraction of sp³-hybridized carbons (Fsp3) is 0.316. The highest BCUT2D eigenvalue weighted by Gasteiger charge is 2.30. The summed E-state index contributed by atoms with van der Waals surface area (Å²) in [4.78, 5) is 2.16. The lowest BCUT2D eigenvalue weighted by Crippen LogP contribution is -2.49. The first kappa shape index (κ1) is 20.9. The van der Waals surface area contributed by atoms with Gasteiger partial charge in [-0.1, -0.05) is 41.4 Å². The Labute approximate surface area is 174 Å². The first-order valence-electron chi connectivity index (χ1n) is 8.72. The molecule has 1 saturated heterocycles. The molecule has 3 rings (SSSR count). The largest absolute Gasteiger partial charge is 0.491 e. The smallest absolute Gasteiger partial charge is 0.244 e. The lowest BCUT2D eigenvalue weighted by Gasteiger charge is -2.34. The molecular weight excluding hydrogens is 421 g/mol. The number of sulfonamides is 1. The zero-order valence-corrected chi connectivity index (χ0v) is 17.3. The van der Waals surface area contributed by atoms with Crippen molar-refractivity contribution in [3.05, 3.63) is 58.1 Å². The summed E-state index contributed by atoms with van der Waals surface area (Å²) in [6.45, 7) is 2.96. The maximum atomic E-state index is 12.8. The third kappa shape index (κ3) is 4.59. The second kappa shape index (κ2) is 9.12. The molecule has 0 bridgehead atoms. The van der Waals surface area contributed by atoms with Crippen LogP contribution in [0.2, 0.25) is 10.0 Å². The number of nitrogens with zero attached hydrogens (tertiary/aromatic N) is 3. The van der Waals surface area contributed by atoms with Gasteiger partial charge in [-0.25, -0.2) is 8.42 Å².